The average molecular weight is 273 g/mol. The molecule has 0 amide bonds. The summed E-state index contributed by atoms with van der Waals surface area (Å²) in [6.07, 6.45) is 2.40. The molecule has 2 rings (SSSR count). The van der Waals surface area contributed by atoms with E-state index < -0.39 is 0 Å². The van der Waals surface area contributed by atoms with E-state index in [1.54, 1.807) is 6.07 Å². The molecule has 0 saturated carbocycles. The molecule has 2 aromatic carbocycles. The minimum atomic E-state index is 0.199. The third-order valence-corrected chi connectivity index (χ3v) is 3.44. The van der Waals surface area contributed by atoms with Gasteiger partial charge in [-0.15, -0.1) is 0 Å². The predicted octanol–water partition coefficient (Wildman–Crippen LogP) is 4.85. The van der Waals surface area contributed by atoms with Crippen LogP contribution in [0.25, 0.3) is 0 Å². The summed E-state index contributed by atoms with van der Waals surface area (Å²) >= 11 is 5.89. The van der Waals surface area contributed by atoms with Gasteiger partial charge in [0.1, 0.15) is 0 Å². The van der Waals surface area contributed by atoms with Crippen LogP contribution in [-0.4, -0.2) is 5.78 Å². The number of aryl methyl sites for hydroxylation is 2. The maximum Gasteiger partial charge on any atom is 0.163 e. The highest BCUT2D eigenvalue weighted by Gasteiger charge is 2.09. The Balaban J connectivity index is 1.91. The molecule has 19 heavy (non-hydrogen) atoms. The number of halogens is 1. The molecule has 0 N–H and O–H groups in total. The van der Waals surface area contributed by atoms with Crippen molar-refractivity contribution in [3.05, 3.63) is 70.2 Å². The lowest BCUT2D eigenvalue weighted by Crippen LogP contribution is -2.02. The zero-order chi connectivity index (χ0) is 13.7. The second kappa shape index (κ2) is 6.53. The van der Waals surface area contributed by atoms with Crippen molar-refractivity contribution < 1.29 is 4.79 Å². The topological polar surface area (TPSA) is 17.1 Å². The van der Waals surface area contributed by atoms with E-state index in [4.69, 9.17) is 11.6 Å². The zero-order valence-electron chi connectivity index (χ0n) is 11.0. The van der Waals surface area contributed by atoms with E-state index >= 15 is 0 Å². The number of rotatable bonds is 5. The zero-order valence-corrected chi connectivity index (χ0v) is 11.8. The average Bonchev–Trinajstić information content (AvgIpc) is 2.39. The first-order valence-electron chi connectivity index (χ1n) is 6.50. The lowest BCUT2D eigenvalue weighted by Gasteiger charge is -2.05. The number of benzene rings is 2. The van der Waals surface area contributed by atoms with Crippen LogP contribution in [0.5, 0.6) is 0 Å². The van der Waals surface area contributed by atoms with Crippen molar-refractivity contribution in [2.24, 2.45) is 0 Å². The summed E-state index contributed by atoms with van der Waals surface area (Å²) in [6, 6.07) is 15.7. The fourth-order valence-corrected chi connectivity index (χ4v) is 2.40. The van der Waals surface area contributed by atoms with Crippen molar-refractivity contribution in [2.75, 3.05) is 0 Å². The Morgan fingerprint density at radius 3 is 2.53 bits per heavy atom. The van der Waals surface area contributed by atoms with E-state index in [2.05, 4.69) is 12.1 Å². The Kier molecular flexibility index (Phi) is 4.75. The number of carbonyl (C=O) groups is 1. The van der Waals surface area contributed by atoms with Crippen LogP contribution in [0.4, 0.5) is 0 Å². The van der Waals surface area contributed by atoms with Gasteiger partial charge in [0.25, 0.3) is 0 Å². The molecule has 0 spiro atoms. The van der Waals surface area contributed by atoms with Gasteiger partial charge >= 0.3 is 0 Å². The van der Waals surface area contributed by atoms with Crippen molar-refractivity contribution in [3.63, 3.8) is 0 Å². The van der Waals surface area contributed by atoms with Gasteiger partial charge in [0.2, 0.25) is 0 Å². The Hall–Kier alpha value is -1.60. The van der Waals surface area contributed by atoms with Gasteiger partial charge in [0.15, 0.2) is 5.78 Å². The second-order valence-corrected chi connectivity index (χ2v) is 5.16. The molecule has 0 fully saturated rings. The summed E-state index contributed by atoms with van der Waals surface area (Å²) in [5.41, 5.74) is 3.03. The van der Waals surface area contributed by atoms with Crippen LogP contribution in [0, 0.1) is 6.92 Å². The monoisotopic (exact) mass is 272 g/mol. The number of hydrogen-bond acceptors (Lipinski definition) is 1. The lowest BCUT2D eigenvalue weighted by atomic mass is 9.99. The maximum atomic E-state index is 12.1. The quantitative estimate of drug-likeness (QED) is 0.711. The molecule has 0 bridgehead atoms. The molecular formula is C17H17ClO. The standard InChI is InChI=1S/C17H17ClO/c1-13-12-15(18)10-11-16(13)17(19)9-5-8-14-6-3-2-4-7-14/h2-4,6-7,10-12H,5,8-9H2,1H3. The second-order valence-electron chi connectivity index (χ2n) is 4.72. The summed E-state index contributed by atoms with van der Waals surface area (Å²) in [5, 5.41) is 0.679. The Labute approximate surface area is 119 Å². The van der Waals surface area contributed by atoms with Gasteiger partial charge in [-0.25, -0.2) is 0 Å². The third kappa shape index (κ3) is 3.93. The summed E-state index contributed by atoms with van der Waals surface area (Å²) in [4.78, 5) is 12.1. The van der Waals surface area contributed by atoms with Crippen molar-refractivity contribution in [1.82, 2.24) is 0 Å². The number of Topliss-reactive ketones (excluding diaryl/α,β-unsaturated/α-hetero) is 1. The molecule has 98 valence electrons. The van der Waals surface area contributed by atoms with E-state index in [0.717, 1.165) is 24.0 Å². The smallest absolute Gasteiger partial charge is 0.163 e. The summed E-state index contributed by atoms with van der Waals surface area (Å²) in [6.45, 7) is 1.93. The molecule has 0 heterocycles. The summed E-state index contributed by atoms with van der Waals surface area (Å²) in [7, 11) is 0. The Morgan fingerprint density at radius 2 is 1.84 bits per heavy atom. The van der Waals surface area contributed by atoms with Crippen molar-refractivity contribution in [1.29, 1.82) is 0 Å². The molecule has 0 aliphatic rings. The highest BCUT2D eigenvalue weighted by Crippen LogP contribution is 2.17. The van der Waals surface area contributed by atoms with E-state index in [9.17, 15) is 4.79 Å². The maximum absolute atomic E-state index is 12.1. The van der Waals surface area contributed by atoms with Crippen LogP contribution in [0.2, 0.25) is 5.02 Å². The molecule has 0 saturated heterocycles. The number of ketones is 1. The first kappa shape index (κ1) is 13.8. The van der Waals surface area contributed by atoms with Crippen LogP contribution in [-0.2, 0) is 6.42 Å². The number of carbonyl (C=O) groups excluding carboxylic acids is 1. The Bertz CT molecular complexity index is 561. The van der Waals surface area contributed by atoms with Gasteiger partial charge in [0.05, 0.1) is 0 Å². The fraction of sp³-hybridized carbons (Fsp3) is 0.235. The molecule has 0 aromatic heterocycles. The van der Waals surface area contributed by atoms with Crippen molar-refractivity contribution in [2.45, 2.75) is 26.2 Å². The van der Waals surface area contributed by atoms with E-state index in [0.29, 0.717) is 11.4 Å². The highest BCUT2D eigenvalue weighted by molar-refractivity contribution is 6.30. The van der Waals surface area contributed by atoms with Crippen LogP contribution >= 0.6 is 11.6 Å². The van der Waals surface area contributed by atoms with Gasteiger partial charge in [-0.05, 0) is 49.1 Å². The minimum absolute atomic E-state index is 0.199. The lowest BCUT2D eigenvalue weighted by molar-refractivity contribution is 0.0979. The van der Waals surface area contributed by atoms with Crippen molar-refractivity contribution in [3.8, 4) is 0 Å². The van der Waals surface area contributed by atoms with Crippen molar-refractivity contribution >= 4 is 17.4 Å². The van der Waals surface area contributed by atoms with Gasteiger partial charge in [-0.2, -0.15) is 0 Å². The molecule has 0 aliphatic heterocycles. The van der Waals surface area contributed by atoms with Gasteiger partial charge in [-0.3, -0.25) is 4.79 Å². The molecule has 0 unspecified atom stereocenters. The fourth-order valence-electron chi connectivity index (χ4n) is 2.17. The van der Waals surface area contributed by atoms with Gasteiger partial charge in [0, 0.05) is 17.0 Å². The van der Waals surface area contributed by atoms with Crippen LogP contribution in [0.3, 0.4) is 0 Å². The molecule has 2 aromatic rings. The van der Waals surface area contributed by atoms with Crippen LogP contribution < -0.4 is 0 Å². The van der Waals surface area contributed by atoms with E-state index in [1.165, 1.54) is 5.56 Å². The molecule has 0 atom stereocenters. The highest BCUT2D eigenvalue weighted by atomic mass is 35.5. The van der Waals surface area contributed by atoms with Crippen LogP contribution in [0.15, 0.2) is 48.5 Å². The first-order valence-corrected chi connectivity index (χ1v) is 6.88. The molecule has 2 heteroatoms. The first-order chi connectivity index (χ1) is 9.16. The largest absolute Gasteiger partial charge is 0.294 e. The Morgan fingerprint density at radius 1 is 1.11 bits per heavy atom. The predicted molar refractivity (Wildman–Crippen MR) is 79.9 cm³/mol. The summed E-state index contributed by atoms with van der Waals surface area (Å²) < 4.78 is 0. The third-order valence-electron chi connectivity index (χ3n) is 3.20. The molecule has 0 aliphatic carbocycles. The molecule has 1 nitrogen and oxygen atoms in total. The number of hydrogen-bond donors (Lipinski definition) is 0. The van der Waals surface area contributed by atoms with E-state index in [-0.39, 0.29) is 5.78 Å². The van der Waals surface area contributed by atoms with E-state index in [1.807, 2.05) is 37.3 Å². The minimum Gasteiger partial charge on any atom is -0.294 e. The van der Waals surface area contributed by atoms with Gasteiger partial charge < -0.3 is 0 Å². The SMILES string of the molecule is Cc1cc(Cl)ccc1C(=O)CCCc1ccccc1. The molecule has 0 radical (unpaired) electrons. The molecular weight excluding hydrogens is 256 g/mol. The van der Waals surface area contributed by atoms with Gasteiger partial charge in [-0.1, -0.05) is 41.9 Å². The van der Waals surface area contributed by atoms with Crippen LogP contribution in [0.1, 0.15) is 34.3 Å². The normalized spacial score (nSPS) is 10.4. The summed E-state index contributed by atoms with van der Waals surface area (Å²) in [5.74, 6) is 0.199.